The third kappa shape index (κ3) is 5.29. The Balaban J connectivity index is 1.46. The third-order valence-corrected chi connectivity index (χ3v) is 7.24. The molecule has 3 fully saturated rings. The van der Waals surface area contributed by atoms with Crippen molar-refractivity contribution in [1.29, 1.82) is 0 Å². The summed E-state index contributed by atoms with van der Waals surface area (Å²) in [6.07, 6.45) is 5.27. The lowest BCUT2D eigenvalue weighted by molar-refractivity contribution is -0.405. The molecule has 0 saturated carbocycles. The number of benzene rings is 1. The number of likely N-dealkylation sites (tertiary alicyclic amines) is 3. The van der Waals surface area contributed by atoms with Gasteiger partial charge in [-0.1, -0.05) is 30.3 Å². The molecule has 1 aromatic carbocycles. The van der Waals surface area contributed by atoms with E-state index in [0.29, 0.717) is 31.9 Å². The van der Waals surface area contributed by atoms with E-state index in [1.54, 1.807) is 4.90 Å². The first-order valence-corrected chi connectivity index (χ1v) is 11.9. The Bertz CT molecular complexity index is 899. The van der Waals surface area contributed by atoms with Gasteiger partial charge in [0.05, 0.1) is 16.8 Å². The molecule has 0 bridgehead atoms. The fourth-order valence-electron chi connectivity index (χ4n) is 5.48. The van der Waals surface area contributed by atoms with Crippen LogP contribution in [0.1, 0.15) is 43.6 Å². The topological polar surface area (TPSA) is 107 Å². The molecule has 9 nitrogen and oxygen atoms in total. The summed E-state index contributed by atoms with van der Waals surface area (Å²) in [5.74, 6) is -1.86. The molecule has 3 aliphatic heterocycles. The molecule has 3 aliphatic rings. The van der Waals surface area contributed by atoms with Gasteiger partial charge in [-0.2, -0.15) is 0 Å². The first-order chi connectivity index (χ1) is 15.9. The van der Waals surface area contributed by atoms with Gasteiger partial charge in [0.2, 0.25) is 5.91 Å². The maximum Gasteiger partial charge on any atom is 0.309 e. The molecular formula is C24H32N4O5. The van der Waals surface area contributed by atoms with Crippen molar-refractivity contribution in [2.24, 2.45) is 11.8 Å². The zero-order valence-electron chi connectivity index (χ0n) is 18.8. The van der Waals surface area contributed by atoms with Gasteiger partial charge in [0.1, 0.15) is 0 Å². The minimum absolute atomic E-state index is 0.0988. The van der Waals surface area contributed by atoms with Crippen molar-refractivity contribution in [3.05, 3.63) is 58.0 Å². The largest absolute Gasteiger partial charge is 0.481 e. The van der Waals surface area contributed by atoms with E-state index >= 15 is 0 Å². The minimum Gasteiger partial charge on any atom is -0.481 e. The van der Waals surface area contributed by atoms with Gasteiger partial charge in [0, 0.05) is 45.2 Å². The molecule has 33 heavy (non-hydrogen) atoms. The summed E-state index contributed by atoms with van der Waals surface area (Å²) in [6.45, 7) is 3.24. The van der Waals surface area contributed by atoms with Crippen molar-refractivity contribution in [3.63, 3.8) is 0 Å². The maximum atomic E-state index is 13.4. The van der Waals surface area contributed by atoms with Crippen molar-refractivity contribution < 1.29 is 19.6 Å². The van der Waals surface area contributed by atoms with E-state index in [-0.39, 0.29) is 18.4 Å². The molecule has 4 rings (SSSR count). The molecule has 3 atom stereocenters. The molecule has 178 valence electrons. The molecule has 3 heterocycles. The SMILES string of the molecule is O=C(O)[C@H]1CN(C(=C[N+](=O)[O-])N2CCCCC2)CC[C@@H]1C(=O)N1CC[C@H](c2ccccc2)C1. The second-order valence-corrected chi connectivity index (χ2v) is 9.29. The van der Waals surface area contributed by atoms with E-state index in [9.17, 15) is 24.8 Å². The molecule has 1 aromatic rings. The molecule has 0 unspecified atom stereocenters. The number of aliphatic carboxylic acids is 1. The van der Waals surface area contributed by atoms with Crippen molar-refractivity contribution in [1.82, 2.24) is 14.7 Å². The van der Waals surface area contributed by atoms with E-state index in [1.807, 2.05) is 28.0 Å². The Morgan fingerprint density at radius 1 is 0.909 bits per heavy atom. The number of carboxylic acid groups (broad SMARTS) is 1. The summed E-state index contributed by atoms with van der Waals surface area (Å²) < 4.78 is 0. The predicted octanol–water partition coefficient (Wildman–Crippen LogP) is 2.59. The van der Waals surface area contributed by atoms with Gasteiger partial charge in [0.25, 0.3) is 6.20 Å². The van der Waals surface area contributed by atoms with Crippen LogP contribution in [0.5, 0.6) is 0 Å². The Morgan fingerprint density at radius 3 is 2.27 bits per heavy atom. The number of piperidine rings is 2. The van der Waals surface area contributed by atoms with Crippen LogP contribution in [0.15, 0.2) is 42.4 Å². The van der Waals surface area contributed by atoms with Gasteiger partial charge in [-0.05, 0) is 37.7 Å². The third-order valence-electron chi connectivity index (χ3n) is 7.24. The zero-order chi connectivity index (χ0) is 23.4. The number of carbonyl (C=O) groups excluding carboxylic acids is 1. The molecule has 1 N–H and O–H groups in total. The number of nitrogens with zero attached hydrogens (tertiary/aromatic N) is 4. The van der Waals surface area contributed by atoms with Gasteiger partial charge in [-0.15, -0.1) is 0 Å². The quantitative estimate of drug-likeness (QED) is 0.518. The summed E-state index contributed by atoms with van der Waals surface area (Å²) in [4.78, 5) is 42.0. The Kier molecular flexibility index (Phi) is 7.15. The van der Waals surface area contributed by atoms with Crippen molar-refractivity contribution >= 4 is 11.9 Å². The first kappa shape index (κ1) is 23.1. The Morgan fingerprint density at radius 2 is 1.61 bits per heavy atom. The van der Waals surface area contributed by atoms with Crippen LogP contribution < -0.4 is 0 Å². The number of hydrogen-bond donors (Lipinski definition) is 1. The van der Waals surface area contributed by atoms with E-state index in [0.717, 1.165) is 45.0 Å². The van der Waals surface area contributed by atoms with Gasteiger partial charge in [0.15, 0.2) is 5.82 Å². The van der Waals surface area contributed by atoms with Gasteiger partial charge >= 0.3 is 5.97 Å². The highest BCUT2D eigenvalue weighted by atomic mass is 16.6. The molecule has 9 heteroatoms. The molecule has 1 amide bonds. The van der Waals surface area contributed by atoms with Crippen LogP contribution in [0.25, 0.3) is 0 Å². The lowest BCUT2D eigenvalue weighted by Gasteiger charge is -2.42. The van der Waals surface area contributed by atoms with Gasteiger partial charge in [-0.3, -0.25) is 19.7 Å². The smallest absolute Gasteiger partial charge is 0.309 e. The van der Waals surface area contributed by atoms with Gasteiger partial charge < -0.3 is 19.8 Å². The molecule has 0 aliphatic carbocycles. The van der Waals surface area contributed by atoms with Crippen molar-refractivity contribution in [2.75, 3.05) is 39.3 Å². The maximum absolute atomic E-state index is 13.4. The molecule has 0 radical (unpaired) electrons. The number of carbonyl (C=O) groups is 2. The van der Waals surface area contributed by atoms with Crippen molar-refractivity contribution in [3.8, 4) is 0 Å². The normalized spacial score (nSPS) is 26.4. The highest BCUT2D eigenvalue weighted by Gasteiger charge is 2.43. The molecule has 3 saturated heterocycles. The van der Waals surface area contributed by atoms with Crippen LogP contribution in [0.3, 0.4) is 0 Å². The first-order valence-electron chi connectivity index (χ1n) is 11.9. The van der Waals surface area contributed by atoms with Gasteiger partial charge in [-0.25, -0.2) is 0 Å². The van der Waals surface area contributed by atoms with E-state index in [1.165, 1.54) is 5.56 Å². The van der Waals surface area contributed by atoms with E-state index in [2.05, 4.69) is 12.1 Å². The van der Waals surface area contributed by atoms with Crippen LogP contribution in [-0.2, 0) is 9.59 Å². The molecule has 0 spiro atoms. The molecule has 0 aromatic heterocycles. The summed E-state index contributed by atoms with van der Waals surface area (Å²) >= 11 is 0. The number of carboxylic acids is 1. The van der Waals surface area contributed by atoms with E-state index in [4.69, 9.17) is 0 Å². The average molecular weight is 457 g/mol. The second kappa shape index (κ2) is 10.2. The summed E-state index contributed by atoms with van der Waals surface area (Å²) in [7, 11) is 0. The van der Waals surface area contributed by atoms with Crippen LogP contribution in [-0.4, -0.2) is 75.9 Å². The van der Waals surface area contributed by atoms with Crippen LogP contribution in [0.4, 0.5) is 0 Å². The van der Waals surface area contributed by atoms with Crippen molar-refractivity contribution in [2.45, 2.75) is 38.0 Å². The highest BCUT2D eigenvalue weighted by molar-refractivity contribution is 5.85. The Hall–Kier alpha value is -3.10. The summed E-state index contributed by atoms with van der Waals surface area (Å²) in [5, 5.41) is 21.3. The van der Waals surface area contributed by atoms with E-state index < -0.39 is 22.7 Å². The standard InChI is InChI=1S/C24H32N4O5/c29-23(27-13-9-19(15-27)18-7-3-1-4-8-18)20-10-14-26(16-21(20)24(30)31)22(17-28(32)33)25-11-5-2-6-12-25/h1,3-4,7-8,17,19-21H,2,5-6,9-16H2,(H,30,31)/t19-,20-,21-/m0/s1. The number of rotatable bonds is 6. The zero-order valence-corrected chi connectivity index (χ0v) is 18.8. The number of hydrogen-bond acceptors (Lipinski definition) is 6. The second-order valence-electron chi connectivity index (χ2n) is 9.29. The summed E-state index contributed by atoms with van der Waals surface area (Å²) in [5.41, 5.74) is 1.20. The number of nitro groups is 1. The monoisotopic (exact) mass is 456 g/mol. The lowest BCUT2D eigenvalue weighted by atomic mass is 9.84. The predicted molar refractivity (Wildman–Crippen MR) is 122 cm³/mol. The minimum atomic E-state index is -1.02. The Labute approximate surface area is 193 Å². The van der Waals surface area contributed by atoms with Crippen LogP contribution in [0.2, 0.25) is 0 Å². The average Bonchev–Trinajstić information content (AvgIpc) is 3.33. The number of amides is 1. The summed E-state index contributed by atoms with van der Waals surface area (Å²) in [6, 6.07) is 10.1. The highest BCUT2D eigenvalue weighted by Crippen LogP contribution is 2.33. The fourth-order valence-corrected chi connectivity index (χ4v) is 5.48. The van der Waals surface area contributed by atoms with Crippen LogP contribution >= 0.6 is 0 Å². The lowest BCUT2D eigenvalue weighted by Crippen LogP contribution is -2.51. The van der Waals surface area contributed by atoms with Crippen LogP contribution in [0, 0.1) is 22.0 Å². The molecular weight excluding hydrogens is 424 g/mol. The fraction of sp³-hybridized carbons (Fsp3) is 0.583.